The minimum absolute atomic E-state index is 0.103. The second-order valence-electron chi connectivity index (χ2n) is 7.04. The Bertz CT molecular complexity index is 1020. The number of fused-ring (bicyclic) bond motifs is 1. The van der Waals surface area contributed by atoms with Crippen molar-refractivity contribution in [1.29, 1.82) is 0 Å². The van der Waals surface area contributed by atoms with Crippen molar-refractivity contribution in [2.24, 2.45) is 0 Å². The molecule has 1 aliphatic rings. The van der Waals surface area contributed by atoms with Crippen LogP contribution in [-0.4, -0.2) is 19.1 Å². The van der Waals surface area contributed by atoms with Gasteiger partial charge >= 0.3 is 0 Å². The number of benzene rings is 3. The van der Waals surface area contributed by atoms with Gasteiger partial charge < -0.3 is 14.8 Å². The lowest BCUT2D eigenvalue weighted by Gasteiger charge is -2.21. The van der Waals surface area contributed by atoms with E-state index in [0.29, 0.717) is 18.8 Å². The molecule has 1 atom stereocenters. The number of thioether (sulfide) groups is 1. The maximum Gasteiger partial charge on any atom is 0.251 e. The van der Waals surface area contributed by atoms with Gasteiger partial charge in [0, 0.05) is 21.2 Å². The number of hydrogen-bond donors (Lipinski definition) is 1. The first-order chi connectivity index (χ1) is 14.6. The van der Waals surface area contributed by atoms with Crippen LogP contribution in [0.2, 0.25) is 5.02 Å². The van der Waals surface area contributed by atoms with Gasteiger partial charge in [-0.25, -0.2) is 0 Å². The highest BCUT2D eigenvalue weighted by Crippen LogP contribution is 2.32. The molecule has 0 fully saturated rings. The maximum absolute atomic E-state index is 12.7. The zero-order valence-corrected chi connectivity index (χ0v) is 18.1. The lowest BCUT2D eigenvalue weighted by Crippen LogP contribution is -2.26. The number of carbonyl (C=O) groups excluding carboxylic acids is 1. The van der Waals surface area contributed by atoms with Crippen molar-refractivity contribution in [3.05, 3.63) is 88.4 Å². The molecule has 30 heavy (non-hydrogen) atoms. The molecule has 0 saturated carbocycles. The lowest BCUT2D eigenvalue weighted by molar-refractivity contribution is 0.0939. The summed E-state index contributed by atoms with van der Waals surface area (Å²) in [6, 6.07) is 21.1. The lowest BCUT2D eigenvalue weighted by atomic mass is 10.1. The number of rotatable bonds is 6. The van der Waals surface area contributed by atoms with Gasteiger partial charge in [-0.3, -0.25) is 4.79 Å². The van der Waals surface area contributed by atoms with Crippen LogP contribution < -0.4 is 14.8 Å². The summed E-state index contributed by atoms with van der Waals surface area (Å²) in [5.74, 6) is 2.20. The Kier molecular flexibility index (Phi) is 6.50. The molecule has 0 aromatic heterocycles. The fourth-order valence-electron chi connectivity index (χ4n) is 3.14. The Morgan fingerprint density at radius 2 is 1.70 bits per heavy atom. The third kappa shape index (κ3) is 5.10. The summed E-state index contributed by atoms with van der Waals surface area (Å²) in [5.41, 5.74) is 2.77. The Labute approximate surface area is 185 Å². The summed E-state index contributed by atoms with van der Waals surface area (Å²) in [5, 5.41) is 3.79. The highest BCUT2D eigenvalue weighted by atomic mass is 35.5. The van der Waals surface area contributed by atoms with E-state index in [0.717, 1.165) is 38.3 Å². The van der Waals surface area contributed by atoms with Crippen LogP contribution in [0.15, 0.2) is 71.6 Å². The second kappa shape index (κ2) is 9.45. The molecular weight excluding hydrogens is 418 g/mol. The third-order valence-electron chi connectivity index (χ3n) is 4.85. The van der Waals surface area contributed by atoms with Gasteiger partial charge in [0.1, 0.15) is 13.2 Å². The van der Waals surface area contributed by atoms with Gasteiger partial charge in [-0.1, -0.05) is 29.8 Å². The van der Waals surface area contributed by atoms with Gasteiger partial charge in [-0.15, -0.1) is 11.8 Å². The molecule has 0 radical (unpaired) electrons. The molecule has 0 saturated heterocycles. The normalized spacial score (nSPS) is 13.5. The predicted octanol–water partition coefficient (Wildman–Crippen LogP) is 5.89. The Hall–Kier alpha value is -2.63. The number of ether oxygens (including phenoxy) is 2. The molecule has 1 N–H and O–H groups in total. The average Bonchev–Trinajstić information content (AvgIpc) is 2.78. The van der Waals surface area contributed by atoms with Gasteiger partial charge in [0.05, 0.1) is 6.04 Å². The van der Waals surface area contributed by atoms with Crippen LogP contribution in [0.25, 0.3) is 0 Å². The summed E-state index contributed by atoms with van der Waals surface area (Å²) in [7, 11) is 0. The molecule has 1 aliphatic heterocycles. The van der Waals surface area contributed by atoms with Crippen molar-refractivity contribution >= 4 is 29.3 Å². The quantitative estimate of drug-likeness (QED) is 0.486. The van der Waals surface area contributed by atoms with E-state index in [2.05, 4.69) is 5.32 Å². The smallest absolute Gasteiger partial charge is 0.251 e. The number of nitrogens with one attached hydrogen (secondary N) is 1. The van der Waals surface area contributed by atoms with Crippen LogP contribution in [0, 0.1) is 0 Å². The zero-order valence-electron chi connectivity index (χ0n) is 16.6. The van der Waals surface area contributed by atoms with Crippen molar-refractivity contribution in [2.75, 3.05) is 13.2 Å². The monoisotopic (exact) mass is 439 g/mol. The SMILES string of the molecule is C[C@@H](NC(=O)c1ccc(CSc2ccc(Cl)cc2)cc1)c1ccc2c(c1)OCCO2. The number of amides is 1. The van der Waals surface area contributed by atoms with Crippen LogP contribution in [0.4, 0.5) is 0 Å². The summed E-state index contributed by atoms with van der Waals surface area (Å²) >= 11 is 7.66. The van der Waals surface area contributed by atoms with Gasteiger partial charge in [-0.05, 0) is 66.6 Å². The molecule has 0 spiro atoms. The van der Waals surface area contributed by atoms with E-state index >= 15 is 0 Å². The largest absolute Gasteiger partial charge is 0.486 e. The number of carbonyl (C=O) groups is 1. The maximum atomic E-state index is 12.7. The molecule has 0 aliphatic carbocycles. The van der Waals surface area contributed by atoms with Crippen molar-refractivity contribution in [3.8, 4) is 11.5 Å². The van der Waals surface area contributed by atoms with Gasteiger partial charge in [0.2, 0.25) is 0 Å². The predicted molar refractivity (Wildman–Crippen MR) is 121 cm³/mol. The summed E-state index contributed by atoms with van der Waals surface area (Å²) in [6.45, 7) is 3.06. The number of halogens is 1. The minimum Gasteiger partial charge on any atom is -0.486 e. The number of hydrogen-bond acceptors (Lipinski definition) is 4. The molecule has 3 aromatic rings. The molecule has 4 rings (SSSR count). The molecule has 3 aromatic carbocycles. The highest BCUT2D eigenvalue weighted by Gasteiger charge is 2.16. The molecular formula is C24H22ClNO3S. The van der Waals surface area contributed by atoms with Gasteiger partial charge in [0.25, 0.3) is 5.91 Å². The van der Waals surface area contributed by atoms with Crippen molar-refractivity contribution in [1.82, 2.24) is 5.32 Å². The van der Waals surface area contributed by atoms with Crippen molar-refractivity contribution in [2.45, 2.75) is 23.6 Å². The molecule has 0 bridgehead atoms. The fraction of sp³-hybridized carbons (Fsp3) is 0.208. The van der Waals surface area contributed by atoms with Crippen LogP contribution in [0.1, 0.15) is 34.5 Å². The Morgan fingerprint density at radius 3 is 2.43 bits per heavy atom. The minimum atomic E-state index is -0.145. The van der Waals surface area contributed by atoms with E-state index in [1.807, 2.05) is 73.7 Å². The average molecular weight is 440 g/mol. The van der Waals surface area contributed by atoms with E-state index in [1.54, 1.807) is 11.8 Å². The highest BCUT2D eigenvalue weighted by molar-refractivity contribution is 7.98. The standard InChI is InChI=1S/C24H22ClNO3S/c1-16(19-6-11-22-23(14-19)29-13-12-28-22)26-24(27)18-4-2-17(3-5-18)15-30-21-9-7-20(25)8-10-21/h2-11,14,16H,12-13,15H2,1H3,(H,26,27)/t16-/m1/s1. The van der Waals surface area contributed by atoms with E-state index in [1.165, 1.54) is 0 Å². The van der Waals surface area contributed by atoms with Gasteiger partial charge in [-0.2, -0.15) is 0 Å². The topological polar surface area (TPSA) is 47.6 Å². The fourth-order valence-corrected chi connectivity index (χ4v) is 4.12. The third-order valence-corrected chi connectivity index (χ3v) is 6.18. The van der Waals surface area contributed by atoms with Gasteiger partial charge in [0.15, 0.2) is 11.5 Å². The molecule has 1 amide bonds. The summed E-state index contributed by atoms with van der Waals surface area (Å²) < 4.78 is 11.2. The van der Waals surface area contributed by atoms with E-state index < -0.39 is 0 Å². The molecule has 154 valence electrons. The Balaban J connectivity index is 1.34. The van der Waals surface area contributed by atoms with Crippen molar-refractivity contribution < 1.29 is 14.3 Å². The first-order valence-electron chi connectivity index (χ1n) is 9.76. The zero-order chi connectivity index (χ0) is 20.9. The Morgan fingerprint density at radius 1 is 1.00 bits per heavy atom. The molecule has 6 heteroatoms. The van der Waals surface area contributed by atoms with E-state index in [-0.39, 0.29) is 11.9 Å². The van der Waals surface area contributed by atoms with Crippen molar-refractivity contribution in [3.63, 3.8) is 0 Å². The van der Waals surface area contributed by atoms with E-state index in [4.69, 9.17) is 21.1 Å². The first-order valence-corrected chi connectivity index (χ1v) is 11.1. The van der Waals surface area contributed by atoms with E-state index in [9.17, 15) is 4.79 Å². The second-order valence-corrected chi connectivity index (χ2v) is 8.52. The van der Waals surface area contributed by atoms with Crippen LogP contribution in [0.3, 0.4) is 0 Å². The van der Waals surface area contributed by atoms with Crippen LogP contribution in [-0.2, 0) is 5.75 Å². The summed E-state index contributed by atoms with van der Waals surface area (Å²) in [4.78, 5) is 13.8. The first kappa shape index (κ1) is 20.6. The van der Waals surface area contributed by atoms with Crippen LogP contribution >= 0.6 is 23.4 Å². The molecule has 0 unspecified atom stereocenters. The summed E-state index contributed by atoms with van der Waals surface area (Å²) in [6.07, 6.45) is 0. The van der Waals surface area contributed by atoms with Crippen LogP contribution in [0.5, 0.6) is 11.5 Å². The molecule has 1 heterocycles. The molecule has 4 nitrogen and oxygen atoms in total.